The Morgan fingerprint density at radius 2 is 1.80 bits per heavy atom. The van der Waals surface area contributed by atoms with Gasteiger partial charge in [0.25, 0.3) is 0 Å². The Bertz CT molecular complexity index is 402. The number of benzene rings is 1. The molecule has 1 saturated carbocycles. The van der Waals surface area contributed by atoms with Gasteiger partial charge in [0.05, 0.1) is 6.42 Å². The number of aliphatic carboxylic acids is 1. The maximum absolute atomic E-state index is 11.1. The lowest BCUT2D eigenvalue weighted by Gasteiger charge is -2.36. The number of halogens is 1. The highest BCUT2D eigenvalue weighted by Crippen LogP contribution is 2.38. The Labute approximate surface area is 127 Å². The van der Waals surface area contributed by atoms with Crippen LogP contribution in [0.4, 0.5) is 0 Å². The first kappa shape index (κ1) is 17.0. The predicted octanol–water partition coefficient (Wildman–Crippen LogP) is 3.62. The van der Waals surface area contributed by atoms with E-state index in [0.29, 0.717) is 6.42 Å². The highest BCUT2D eigenvalue weighted by molar-refractivity contribution is 5.85. The molecule has 2 rings (SSSR count). The van der Waals surface area contributed by atoms with Gasteiger partial charge in [-0.1, -0.05) is 49.6 Å². The number of carbonyl (C=O) groups is 1. The summed E-state index contributed by atoms with van der Waals surface area (Å²) in [7, 11) is 0. The van der Waals surface area contributed by atoms with Gasteiger partial charge in [-0.25, -0.2) is 0 Å². The van der Waals surface area contributed by atoms with E-state index in [9.17, 15) is 4.79 Å². The third-order valence-corrected chi connectivity index (χ3v) is 4.11. The van der Waals surface area contributed by atoms with E-state index in [4.69, 9.17) is 5.11 Å². The number of nitrogens with one attached hydrogen (secondary N) is 1. The molecule has 20 heavy (non-hydrogen) atoms. The fourth-order valence-electron chi connectivity index (χ4n) is 3.11. The van der Waals surface area contributed by atoms with Gasteiger partial charge in [-0.2, -0.15) is 0 Å². The fourth-order valence-corrected chi connectivity index (χ4v) is 3.11. The van der Waals surface area contributed by atoms with Gasteiger partial charge >= 0.3 is 5.97 Å². The Morgan fingerprint density at radius 3 is 2.40 bits per heavy atom. The molecule has 0 atom stereocenters. The van der Waals surface area contributed by atoms with Gasteiger partial charge in [-0.3, -0.25) is 4.79 Å². The average Bonchev–Trinajstić information content (AvgIpc) is 2.40. The zero-order valence-corrected chi connectivity index (χ0v) is 12.6. The quantitative estimate of drug-likeness (QED) is 0.843. The predicted molar refractivity (Wildman–Crippen MR) is 83.2 cm³/mol. The van der Waals surface area contributed by atoms with Crippen molar-refractivity contribution in [1.82, 2.24) is 5.32 Å². The van der Waals surface area contributed by atoms with Gasteiger partial charge in [-0.05, 0) is 23.8 Å². The highest BCUT2D eigenvalue weighted by atomic mass is 35.5. The number of hydrogen-bond acceptors (Lipinski definition) is 2. The van der Waals surface area contributed by atoms with Crippen LogP contribution < -0.4 is 5.32 Å². The summed E-state index contributed by atoms with van der Waals surface area (Å²) in [5.41, 5.74) is 1.22. The highest BCUT2D eigenvalue weighted by Gasteiger charge is 2.33. The van der Waals surface area contributed by atoms with Crippen molar-refractivity contribution in [3.63, 3.8) is 0 Å². The van der Waals surface area contributed by atoms with Gasteiger partial charge in [0, 0.05) is 13.1 Å². The molecule has 0 radical (unpaired) electrons. The summed E-state index contributed by atoms with van der Waals surface area (Å²) in [6, 6.07) is 10.3. The zero-order chi connectivity index (χ0) is 13.6. The molecule has 0 unspecified atom stereocenters. The molecule has 0 spiro atoms. The normalized spacial score (nSPS) is 17.2. The first-order valence-corrected chi connectivity index (χ1v) is 7.17. The molecular formula is C16H24ClNO2. The van der Waals surface area contributed by atoms with Crippen molar-refractivity contribution in [2.24, 2.45) is 5.41 Å². The van der Waals surface area contributed by atoms with Crippen LogP contribution in [0, 0.1) is 5.41 Å². The van der Waals surface area contributed by atoms with Crippen LogP contribution >= 0.6 is 12.4 Å². The summed E-state index contributed by atoms with van der Waals surface area (Å²) in [6.07, 6.45) is 5.97. The number of hydrogen-bond donors (Lipinski definition) is 2. The van der Waals surface area contributed by atoms with Crippen molar-refractivity contribution in [2.45, 2.75) is 45.1 Å². The monoisotopic (exact) mass is 297 g/mol. The number of carboxylic acids is 1. The molecule has 1 aromatic carbocycles. The third kappa shape index (κ3) is 5.14. The van der Waals surface area contributed by atoms with Crippen molar-refractivity contribution in [1.29, 1.82) is 0 Å². The van der Waals surface area contributed by atoms with Crippen LogP contribution in [0.3, 0.4) is 0 Å². The van der Waals surface area contributed by atoms with Crippen LogP contribution in [-0.2, 0) is 11.3 Å². The molecule has 4 heteroatoms. The molecular weight excluding hydrogens is 274 g/mol. The molecule has 1 fully saturated rings. The summed E-state index contributed by atoms with van der Waals surface area (Å²) < 4.78 is 0. The van der Waals surface area contributed by atoms with E-state index in [2.05, 4.69) is 17.4 Å². The molecule has 0 aromatic heterocycles. The second-order valence-electron chi connectivity index (χ2n) is 5.72. The maximum Gasteiger partial charge on any atom is 0.303 e. The molecule has 1 aromatic rings. The molecule has 2 N–H and O–H groups in total. The largest absolute Gasteiger partial charge is 0.481 e. The third-order valence-electron chi connectivity index (χ3n) is 4.11. The van der Waals surface area contributed by atoms with E-state index < -0.39 is 5.97 Å². The number of carboxylic acid groups (broad SMARTS) is 1. The molecule has 1 aliphatic carbocycles. The molecule has 0 bridgehead atoms. The van der Waals surface area contributed by atoms with Crippen LogP contribution in [0.5, 0.6) is 0 Å². The molecule has 1 aliphatic rings. The summed E-state index contributed by atoms with van der Waals surface area (Å²) in [4.78, 5) is 11.1. The van der Waals surface area contributed by atoms with Gasteiger partial charge in [-0.15, -0.1) is 12.4 Å². The average molecular weight is 298 g/mol. The summed E-state index contributed by atoms with van der Waals surface area (Å²) in [5, 5.41) is 12.6. The zero-order valence-electron chi connectivity index (χ0n) is 11.8. The Kier molecular flexibility index (Phi) is 7.03. The fraction of sp³-hybridized carbons (Fsp3) is 0.562. The molecule has 0 saturated heterocycles. The molecule has 112 valence electrons. The molecule has 0 amide bonds. The van der Waals surface area contributed by atoms with Crippen molar-refractivity contribution < 1.29 is 9.90 Å². The first-order valence-electron chi connectivity index (χ1n) is 7.17. The first-order chi connectivity index (χ1) is 9.20. The Morgan fingerprint density at radius 1 is 1.15 bits per heavy atom. The lowest BCUT2D eigenvalue weighted by molar-refractivity contribution is -0.140. The van der Waals surface area contributed by atoms with Crippen molar-refractivity contribution in [3.05, 3.63) is 35.9 Å². The van der Waals surface area contributed by atoms with Crippen LogP contribution in [-0.4, -0.2) is 17.6 Å². The summed E-state index contributed by atoms with van der Waals surface area (Å²) in [5.74, 6) is -0.664. The molecule has 0 aliphatic heterocycles. The SMILES string of the molecule is Cl.O=C(O)CC1(CNCc2ccccc2)CCCCC1. The topological polar surface area (TPSA) is 49.3 Å². The lowest BCUT2D eigenvalue weighted by Crippen LogP contribution is -2.37. The minimum Gasteiger partial charge on any atom is -0.481 e. The number of rotatable bonds is 6. The van der Waals surface area contributed by atoms with Crippen LogP contribution in [0.2, 0.25) is 0 Å². The summed E-state index contributed by atoms with van der Waals surface area (Å²) >= 11 is 0. The van der Waals surface area contributed by atoms with Crippen LogP contribution in [0.1, 0.15) is 44.1 Å². The van der Waals surface area contributed by atoms with E-state index in [0.717, 1.165) is 25.9 Å². The van der Waals surface area contributed by atoms with Crippen molar-refractivity contribution in [3.8, 4) is 0 Å². The van der Waals surface area contributed by atoms with E-state index in [-0.39, 0.29) is 17.8 Å². The van der Waals surface area contributed by atoms with Crippen molar-refractivity contribution in [2.75, 3.05) is 6.54 Å². The van der Waals surface area contributed by atoms with Crippen molar-refractivity contribution >= 4 is 18.4 Å². The van der Waals surface area contributed by atoms with E-state index in [1.807, 2.05) is 18.2 Å². The molecule has 0 heterocycles. The van der Waals surface area contributed by atoms with Crippen LogP contribution in [0.25, 0.3) is 0 Å². The van der Waals surface area contributed by atoms with Gasteiger partial charge < -0.3 is 10.4 Å². The van der Waals surface area contributed by atoms with E-state index in [1.54, 1.807) is 0 Å². The standard InChI is InChI=1S/C16H23NO2.ClH/c18-15(19)11-16(9-5-2-6-10-16)13-17-12-14-7-3-1-4-8-14;/h1,3-4,7-8,17H,2,5-6,9-13H2,(H,18,19);1H. The van der Waals surface area contributed by atoms with E-state index >= 15 is 0 Å². The second kappa shape index (κ2) is 8.28. The minimum atomic E-state index is -0.664. The van der Waals surface area contributed by atoms with Gasteiger partial charge in [0.1, 0.15) is 0 Å². The van der Waals surface area contributed by atoms with E-state index in [1.165, 1.54) is 24.8 Å². The van der Waals surface area contributed by atoms with Crippen LogP contribution in [0.15, 0.2) is 30.3 Å². The smallest absolute Gasteiger partial charge is 0.303 e. The minimum absolute atomic E-state index is 0. The summed E-state index contributed by atoms with van der Waals surface area (Å²) in [6.45, 7) is 1.64. The Hall–Kier alpha value is -1.06. The van der Waals surface area contributed by atoms with Gasteiger partial charge in [0.2, 0.25) is 0 Å². The Balaban J connectivity index is 0.00000200. The molecule has 3 nitrogen and oxygen atoms in total. The second-order valence-corrected chi connectivity index (χ2v) is 5.72. The van der Waals surface area contributed by atoms with Gasteiger partial charge in [0.15, 0.2) is 0 Å². The maximum atomic E-state index is 11.1. The lowest BCUT2D eigenvalue weighted by atomic mass is 9.71.